The molecule has 0 heterocycles. The van der Waals surface area contributed by atoms with Gasteiger partial charge in [-0.15, -0.1) is 0 Å². The van der Waals surface area contributed by atoms with Crippen molar-refractivity contribution in [1.29, 1.82) is 5.26 Å². The molecule has 0 saturated heterocycles. The minimum Gasteiger partial charge on any atom is -0.495 e. The third kappa shape index (κ3) is 1.61. The van der Waals surface area contributed by atoms with Crippen molar-refractivity contribution in [3.63, 3.8) is 0 Å². The summed E-state index contributed by atoms with van der Waals surface area (Å²) in [6.07, 6.45) is 0. The van der Waals surface area contributed by atoms with E-state index in [-0.39, 0.29) is 0 Å². The molecule has 4 heteroatoms. The molecule has 0 fully saturated rings. The fraction of sp³-hybridized carbons (Fsp3) is 0.222. The van der Waals surface area contributed by atoms with Gasteiger partial charge in [0.25, 0.3) is 0 Å². The van der Waals surface area contributed by atoms with E-state index in [1.54, 1.807) is 20.1 Å². The van der Waals surface area contributed by atoms with E-state index in [1.165, 1.54) is 0 Å². The van der Waals surface area contributed by atoms with E-state index in [4.69, 9.17) is 15.7 Å². The monoisotopic (exact) mass is 240 g/mol. The van der Waals surface area contributed by atoms with Gasteiger partial charge in [0.15, 0.2) is 0 Å². The van der Waals surface area contributed by atoms with Crippen molar-refractivity contribution in [1.82, 2.24) is 0 Å². The Balaban J connectivity index is 3.51. The van der Waals surface area contributed by atoms with Gasteiger partial charge in [0.1, 0.15) is 11.8 Å². The number of anilines is 1. The Kier molecular flexibility index (Phi) is 2.79. The lowest BCUT2D eigenvalue weighted by Crippen LogP contribution is -1.97. The molecular formula is C9H9BrN2O. The lowest BCUT2D eigenvalue weighted by atomic mass is 10.1. The van der Waals surface area contributed by atoms with Crippen LogP contribution in [0.4, 0.5) is 5.69 Å². The van der Waals surface area contributed by atoms with Crippen molar-refractivity contribution in [2.75, 3.05) is 12.8 Å². The van der Waals surface area contributed by atoms with Crippen molar-refractivity contribution in [2.24, 2.45) is 0 Å². The molecule has 0 saturated carbocycles. The molecule has 1 aromatic rings. The van der Waals surface area contributed by atoms with E-state index in [0.29, 0.717) is 17.0 Å². The van der Waals surface area contributed by atoms with Crippen LogP contribution in [0.3, 0.4) is 0 Å². The zero-order chi connectivity index (χ0) is 10.0. The average Bonchev–Trinajstić information content (AvgIpc) is 2.04. The predicted octanol–water partition coefficient (Wildman–Crippen LogP) is 2.22. The zero-order valence-electron chi connectivity index (χ0n) is 7.39. The van der Waals surface area contributed by atoms with Crippen LogP contribution in [0.15, 0.2) is 10.5 Å². The van der Waals surface area contributed by atoms with Crippen molar-refractivity contribution in [3.05, 3.63) is 21.7 Å². The molecule has 0 amide bonds. The molecule has 13 heavy (non-hydrogen) atoms. The van der Waals surface area contributed by atoms with E-state index < -0.39 is 0 Å². The van der Waals surface area contributed by atoms with Crippen molar-refractivity contribution >= 4 is 21.6 Å². The highest BCUT2D eigenvalue weighted by Gasteiger charge is 2.11. The van der Waals surface area contributed by atoms with Crippen LogP contribution in [-0.4, -0.2) is 7.11 Å². The van der Waals surface area contributed by atoms with Gasteiger partial charge < -0.3 is 10.5 Å². The Bertz CT molecular complexity index is 382. The fourth-order valence-corrected chi connectivity index (χ4v) is 1.89. The summed E-state index contributed by atoms with van der Waals surface area (Å²) in [5.74, 6) is 0.658. The molecule has 0 aromatic heterocycles. The molecule has 0 radical (unpaired) electrons. The van der Waals surface area contributed by atoms with Crippen LogP contribution < -0.4 is 10.5 Å². The molecule has 0 unspecified atom stereocenters. The van der Waals surface area contributed by atoms with Gasteiger partial charge in [-0.05, 0) is 28.9 Å². The van der Waals surface area contributed by atoms with Crippen molar-refractivity contribution < 1.29 is 4.74 Å². The van der Waals surface area contributed by atoms with Crippen LogP contribution in [-0.2, 0) is 0 Å². The summed E-state index contributed by atoms with van der Waals surface area (Å²) in [6.45, 7) is 1.80. The normalized spacial score (nSPS) is 9.38. The average molecular weight is 241 g/mol. The summed E-state index contributed by atoms with van der Waals surface area (Å²) in [6, 6.07) is 3.71. The Hall–Kier alpha value is -1.21. The van der Waals surface area contributed by atoms with E-state index in [9.17, 15) is 0 Å². The Morgan fingerprint density at radius 3 is 2.69 bits per heavy atom. The quantitative estimate of drug-likeness (QED) is 0.767. The fourth-order valence-electron chi connectivity index (χ4n) is 1.18. The molecule has 1 aromatic carbocycles. The number of nitriles is 1. The van der Waals surface area contributed by atoms with Gasteiger partial charge in [-0.3, -0.25) is 0 Å². The Morgan fingerprint density at radius 1 is 1.62 bits per heavy atom. The van der Waals surface area contributed by atoms with Gasteiger partial charge in [-0.25, -0.2) is 0 Å². The molecule has 0 aliphatic carbocycles. The highest BCUT2D eigenvalue weighted by atomic mass is 79.9. The first-order valence-corrected chi connectivity index (χ1v) is 4.43. The Labute approximate surface area is 85.2 Å². The number of nitrogens with zero attached hydrogens (tertiary/aromatic N) is 1. The molecular weight excluding hydrogens is 232 g/mol. The maximum atomic E-state index is 8.81. The number of hydrogen-bond donors (Lipinski definition) is 1. The first-order valence-electron chi connectivity index (χ1n) is 3.64. The van der Waals surface area contributed by atoms with E-state index in [0.717, 1.165) is 10.0 Å². The predicted molar refractivity (Wildman–Crippen MR) is 54.6 cm³/mol. The minimum absolute atomic E-state index is 0.465. The molecule has 3 nitrogen and oxygen atoms in total. The summed E-state index contributed by atoms with van der Waals surface area (Å²) in [7, 11) is 1.56. The number of benzene rings is 1. The summed E-state index contributed by atoms with van der Waals surface area (Å²) >= 11 is 3.31. The third-order valence-electron chi connectivity index (χ3n) is 1.82. The van der Waals surface area contributed by atoms with Crippen LogP contribution in [0.1, 0.15) is 11.1 Å². The van der Waals surface area contributed by atoms with Gasteiger partial charge in [-0.1, -0.05) is 0 Å². The number of methoxy groups -OCH3 is 1. The number of nitrogens with two attached hydrogens (primary N) is 1. The van der Waals surface area contributed by atoms with E-state index in [1.807, 2.05) is 6.07 Å². The zero-order valence-corrected chi connectivity index (χ0v) is 8.97. The summed E-state index contributed by atoms with van der Waals surface area (Å²) in [4.78, 5) is 0. The molecule has 0 aliphatic rings. The van der Waals surface area contributed by atoms with E-state index >= 15 is 0 Å². The highest BCUT2D eigenvalue weighted by molar-refractivity contribution is 9.10. The number of nitrogen functional groups attached to an aromatic ring is 1. The number of rotatable bonds is 1. The second-order valence-corrected chi connectivity index (χ2v) is 3.45. The van der Waals surface area contributed by atoms with Gasteiger partial charge in [0, 0.05) is 5.56 Å². The molecule has 0 aliphatic heterocycles. The number of ether oxygens (including phenoxy) is 1. The number of hydrogen-bond acceptors (Lipinski definition) is 3. The maximum absolute atomic E-state index is 8.81. The second-order valence-electron chi connectivity index (χ2n) is 2.59. The summed E-state index contributed by atoms with van der Waals surface area (Å²) in [5.41, 5.74) is 7.35. The van der Waals surface area contributed by atoms with Crippen molar-refractivity contribution in [3.8, 4) is 11.8 Å². The molecule has 68 valence electrons. The largest absolute Gasteiger partial charge is 0.495 e. The summed E-state index contributed by atoms with van der Waals surface area (Å²) in [5, 5.41) is 8.81. The first kappa shape index (κ1) is 9.87. The van der Waals surface area contributed by atoms with E-state index in [2.05, 4.69) is 15.9 Å². The van der Waals surface area contributed by atoms with Crippen LogP contribution >= 0.6 is 15.9 Å². The molecule has 1 rings (SSSR count). The topological polar surface area (TPSA) is 59.0 Å². The second kappa shape index (κ2) is 3.67. The Morgan fingerprint density at radius 2 is 2.23 bits per heavy atom. The van der Waals surface area contributed by atoms with Crippen molar-refractivity contribution in [2.45, 2.75) is 6.92 Å². The van der Waals surface area contributed by atoms with Gasteiger partial charge >= 0.3 is 0 Å². The smallest absolute Gasteiger partial charge is 0.137 e. The lowest BCUT2D eigenvalue weighted by molar-refractivity contribution is 0.409. The molecule has 0 spiro atoms. The molecule has 0 atom stereocenters. The SMILES string of the molecule is COc1c(Br)cc(N)c(C#N)c1C. The first-order chi connectivity index (χ1) is 6.11. The van der Waals surface area contributed by atoms with Gasteiger partial charge in [0.2, 0.25) is 0 Å². The van der Waals surface area contributed by atoms with Crippen LogP contribution in [0, 0.1) is 18.3 Å². The van der Waals surface area contributed by atoms with Crippen LogP contribution in [0.5, 0.6) is 5.75 Å². The minimum atomic E-state index is 0.465. The third-order valence-corrected chi connectivity index (χ3v) is 2.41. The standard InChI is InChI=1S/C9H9BrN2O/c1-5-6(4-11)8(12)3-7(10)9(5)13-2/h3H,12H2,1-2H3. The number of halogens is 1. The van der Waals surface area contributed by atoms with Gasteiger partial charge in [0.05, 0.1) is 22.8 Å². The molecule has 2 N–H and O–H groups in total. The van der Waals surface area contributed by atoms with Crippen LogP contribution in [0.25, 0.3) is 0 Å². The maximum Gasteiger partial charge on any atom is 0.137 e. The van der Waals surface area contributed by atoms with Crippen LogP contribution in [0.2, 0.25) is 0 Å². The van der Waals surface area contributed by atoms with Gasteiger partial charge in [-0.2, -0.15) is 5.26 Å². The molecule has 0 bridgehead atoms. The summed E-state index contributed by atoms with van der Waals surface area (Å²) < 4.78 is 5.89. The highest BCUT2D eigenvalue weighted by Crippen LogP contribution is 2.34. The lowest BCUT2D eigenvalue weighted by Gasteiger charge is -2.10.